The third kappa shape index (κ3) is 2.00. The minimum atomic E-state index is -0.317. The Morgan fingerprint density at radius 3 is 2.43 bits per heavy atom. The van der Waals surface area contributed by atoms with E-state index in [1.54, 1.807) is 6.19 Å². The summed E-state index contributed by atoms with van der Waals surface area (Å²) in [6.45, 7) is 0. The van der Waals surface area contributed by atoms with E-state index in [9.17, 15) is 0 Å². The fourth-order valence-electron chi connectivity index (χ4n) is 0.0539. The van der Waals surface area contributed by atoms with Gasteiger partial charge in [0, 0.05) is 0 Å². The summed E-state index contributed by atoms with van der Waals surface area (Å²) < 4.78 is 0.771. The standard InChI is InChI=1S/C2H3BrN4/c3-7(1-4)2(5)6/h(H3,5,6). The molecule has 0 amide bonds. The summed E-state index contributed by atoms with van der Waals surface area (Å²) in [6.07, 6.45) is 1.56. The van der Waals surface area contributed by atoms with Crippen molar-refractivity contribution < 1.29 is 0 Å². The molecule has 0 radical (unpaired) electrons. The number of guanidine groups is 1. The number of rotatable bonds is 0. The van der Waals surface area contributed by atoms with E-state index >= 15 is 0 Å². The SMILES string of the molecule is N#CN(Br)C(=N)N. The molecule has 5 heteroatoms. The molecule has 0 rings (SSSR count). The summed E-state index contributed by atoms with van der Waals surface area (Å²) in [5.74, 6) is -0.317. The molecular weight excluding hydrogens is 160 g/mol. The smallest absolute Gasteiger partial charge is 0.212 e. The van der Waals surface area contributed by atoms with Gasteiger partial charge in [-0.3, -0.25) is 5.41 Å². The van der Waals surface area contributed by atoms with Gasteiger partial charge in [0.25, 0.3) is 0 Å². The van der Waals surface area contributed by atoms with E-state index in [2.05, 4.69) is 16.1 Å². The first-order chi connectivity index (χ1) is 3.18. The largest absolute Gasteiger partial charge is 0.368 e. The molecule has 0 aromatic heterocycles. The van der Waals surface area contributed by atoms with Crippen LogP contribution >= 0.6 is 16.1 Å². The normalized spacial score (nSPS) is 6.86. The predicted molar refractivity (Wildman–Crippen MR) is 28.3 cm³/mol. The van der Waals surface area contributed by atoms with E-state index in [1.807, 2.05) is 0 Å². The van der Waals surface area contributed by atoms with Crippen molar-refractivity contribution in [1.82, 2.24) is 3.93 Å². The predicted octanol–water partition coefficient (Wildman–Crippen LogP) is -0.0271. The molecule has 0 atom stereocenters. The molecule has 0 aliphatic carbocycles. The fourth-order valence-corrected chi connectivity index (χ4v) is 0.0539. The molecule has 7 heavy (non-hydrogen) atoms. The molecule has 0 bridgehead atoms. The van der Waals surface area contributed by atoms with Crippen molar-refractivity contribution in [3.8, 4) is 6.19 Å². The molecule has 0 aromatic rings. The van der Waals surface area contributed by atoms with Gasteiger partial charge in [-0.1, -0.05) is 0 Å². The summed E-state index contributed by atoms with van der Waals surface area (Å²) in [5, 5.41) is 14.4. The zero-order valence-electron chi connectivity index (χ0n) is 3.35. The zero-order valence-corrected chi connectivity index (χ0v) is 4.94. The maximum Gasteiger partial charge on any atom is 0.212 e. The summed E-state index contributed by atoms with van der Waals surface area (Å²) in [6, 6.07) is 0. The van der Waals surface area contributed by atoms with E-state index in [0.717, 1.165) is 3.93 Å². The maximum absolute atomic E-state index is 7.91. The van der Waals surface area contributed by atoms with Gasteiger partial charge in [-0.25, -0.2) is 0 Å². The van der Waals surface area contributed by atoms with E-state index in [4.69, 9.17) is 16.4 Å². The first-order valence-corrected chi connectivity index (χ1v) is 2.09. The van der Waals surface area contributed by atoms with Gasteiger partial charge in [-0.15, -0.1) is 0 Å². The highest BCUT2D eigenvalue weighted by atomic mass is 79.9. The van der Waals surface area contributed by atoms with Crippen LogP contribution in [0, 0.1) is 16.9 Å². The molecule has 0 unspecified atom stereocenters. The van der Waals surface area contributed by atoms with Crippen molar-refractivity contribution in [1.29, 1.82) is 10.7 Å². The van der Waals surface area contributed by atoms with E-state index < -0.39 is 0 Å². The average molecular weight is 163 g/mol. The number of nitrogens with zero attached hydrogens (tertiary/aromatic N) is 2. The third-order valence-electron chi connectivity index (χ3n) is 0.299. The molecule has 4 nitrogen and oxygen atoms in total. The highest BCUT2D eigenvalue weighted by molar-refractivity contribution is 9.07. The first-order valence-electron chi connectivity index (χ1n) is 1.38. The fraction of sp³-hybridized carbons (Fsp3) is 0. The molecule has 0 saturated carbocycles. The monoisotopic (exact) mass is 162 g/mol. The quantitative estimate of drug-likeness (QED) is 0.173. The number of nitrogens with one attached hydrogen (secondary N) is 1. The Bertz CT molecular complexity index is 113. The van der Waals surface area contributed by atoms with Crippen molar-refractivity contribution in [2.75, 3.05) is 0 Å². The van der Waals surface area contributed by atoms with Gasteiger partial charge < -0.3 is 5.73 Å². The van der Waals surface area contributed by atoms with Crippen LogP contribution in [-0.4, -0.2) is 9.89 Å². The molecule has 3 N–H and O–H groups in total. The molecular formula is C2H3BrN4. The summed E-state index contributed by atoms with van der Waals surface area (Å²) in [4.78, 5) is 0. The van der Waals surface area contributed by atoms with Crippen molar-refractivity contribution in [2.24, 2.45) is 5.73 Å². The summed E-state index contributed by atoms with van der Waals surface area (Å²) in [7, 11) is 0. The van der Waals surface area contributed by atoms with Crippen molar-refractivity contribution in [3.05, 3.63) is 0 Å². The van der Waals surface area contributed by atoms with Crippen LogP contribution < -0.4 is 5.73 Å². The van der Waals surface area contributed by atoms with E-state index in [1.165, 1.54) is 0 Å². The highest BCUT2D eigenvalue weighted by Crippen LogP contribution is 1.89. The van der Waals surface area contributed by atoms with Crippen LogP contribution in [0.25, 0.3) is 0 Å². The molecule has 0 fully saturated rings. The van der Waals surface area contributed by atoms with Crippen molar-refractivity contribution in [2.45, 2.75) is 0 Å². The van der Waals surface area contributed by atoms with Gasteiger partial charge in [0.1, 0.15) is 0 Å². The molecule has 0 aliphatic rings. The van der Waals surface area contributed by atoms with Gasteiger partial charge in [0.15, 0.2) is 6.19 Å². The average Bonchev–Trinajstić information content (AvgIpc) is 1.65. The Kier molecular flexibility index (Phi) is 2.16. The second kappa shape index (κ2) is 2.42. The van der Waals surface area contributed by atoms with Gasteiger partial charge in [-0.2, -0.15) is 9.19 Å². The lowest BCUT2D eigenvalue weighted by molar-refractivity contribution is 0.946. The second-order valence-corrected chi connectivity index (χ2v) is 1.48. The second-order valence-electron chi connectivity index (χ2n) is 0.766. The van der Waals surface area contributed by atoms with Gasteiger partial charge in [0.2, 0.25) is 5.96 Å². The lowest BCUT2D eigenvalue weighted by Crippen LogP contribution is -2.23. The molecule has 0 spiro atoms. The minimum Gasteiger partial charge on any atom is -0.368 e. The first kappa shape index (κ1) is 6.24. The lowest BCUT2D eigenvalue weighted by atomic mass is 11.0. The Balaban J connectivity index is 3.63. The minimum absolute atomic E-state index is 0.317. The third-order valence-corrected chi connectivity index (χ3v) is 0.840. The van der Waals surface area contributed by atoms with Crippen LogP contribution in [0.3, 0.4) is 0 Å². The topological polar surface area (TPSA) is 76.9 Å². The summed E-state index contributed by atoms with van der Waals surface area (Å²) >= 11 is 2.66. The number of hydrogen-bond acceptors (Lipinski definition) is 2. The van der Waals surface area contributed by atoms with E-state index in [-0.39, 0.29) is 5.96 Å². The molecule has 0 aromatic carbocycles. The number of nitriles is 1. The number of nitrogens with two attached hydrogens (primary N) is 1. The Hall–Kier alpha value is -0.760. The van der Waals surface area contributed by atoms with Crippen LogP contribution in [0.2, 0.25) is 0 Å². The van der Waals surface area contributed by atoms with Crippen LogP contribution in [-0.2, 0) is 0 Å². The van der Waals surface area contributed by atoms with Gasteiger partial charge >= 0.3 is 0 Å². The van der Waals surface area contributed by atoms with Crippen molar-refractivity contribution in [3.63, 3.8) is 0 Å². The van der Waals surface area contributed by atoms with Crippen molar-refractivity contribution >= 4 is 22.1 Å². The highest BCUT2D eigenvalue weighted by Gasteiger charge is 1.94. The maximum atomic E-state index is 7.91. The van der Waals surface area contributed by atoms with E-state index in [0.29, 0.717) is 0 Å². The van der Waals surface area contributed by atoms with Gasteiger partial charge in [-0.05, 0) is 0 Å². The van der Waals surface area contributed by atoms with Crippen LogP contribution in [0.4, 0.5) is 0 Å². The zero-order chi connectivity index (χ0) is 5.86. The van der Waals surface area contributed by atoms with Crippen LogP contribution in [0.5, 0.6) is 0 Å². The molecule has 0 aliphatic heterocycles. The lowest BCUT2D eigenvalue weighted by Gasteiger charge is -1.97. The number of halogens is 1. The molecule has 0 saturated heterocycles. The summed E-state index contributed by atoms with van der Waals surface area (Å²) in [5.41, 5.74) is 4.79. The molecule has 38 valence electrons. The van der Waals surface area contributed by atoms with Crippen LogP contribution in [0.1, 0.15) is 0 Å². The molecule has 0 heterocycles. The Morgan fingerprint density at radius 1 is 2.00 bits per heavy atom. The Morgan fingerprint density at radius 2 is 2.43 bits per heavy atom. The van der Waals surface area contributed by atoms with Gasteiger partial charge in [0.05, 0.1) is 16.1 Å². The Labute approximate surface area is 49.4 Å². The number of hydrogen-bond donors (Lipinski definition) is 2. The van der Waals surface area contributed by atoms with Crippen LogP contribution in [0.15, 0.2) is 0 Å².